The van der Waals surface area contributed by atoms with Gasteiger partial charge in [0, 0.05) is 36.8 Å². The Morgan fingerprint density at radius 2 is 1.82 bits per heavy atom. The predicted octanol–water partition coefficient (Wildman–Crippen LogP) is 2.60. The average molecular weight is 428 g/mol. The summed E-state index contributed by atoms with van der Waals surface area (Å²) in [5, 5.41) is 3.57. The summed E-state index contributed by atoms with van der Waals surface area (Å²) in [6.07, 6.45) is 7.16. The van der Waals surface area contributed by atoms with Gasteiger partial charge in [0.25, 0.3) is 5.91 Å². The Kier molecular flexibility index (Phi) is 6.69. The summed E-state index contributed by atoms with van der Waals surface area (Å²) in [6, 6.07) is 5.95. The molecule has 28 heavy (non-hydrogen) atoms. The van der Waals surface area contributed by atoms with Gasteiger partial charge in [-0.2, -0.15) is 0 Å². The molecule has 3 aliphatic rings. The number of fused-ring (bicyclic) bond motifs is 2. The number of hydrogen-bond donors (Lipinski definition) is 2. The first-order valence-electron chi connectivity index (χ1n) is 10.1. The molecule has 1 amide bonds. The number of halogens is 1. The molecule has 0 radical (unpaired) electrons. The van der Waals surface area contributed by atoms with Crippen LogP contribution in [0.2, 0.25) is 0 Å². The number of nitrogens with one attached hydrogen (secondary N) is 2. The van der Waals surface area contributed by atoms with Gasteiger partial charge in [0.15, 0.2) is 0 Å². The molecule has 2 bridgehead atoms. The van der Waals surface area contributed by atoms with Crippen molar-refractivity contribution in [3.8, 4) is 0 Å². The minimum absolute atomic E-state index is 0. The number of aryl methyl sites for hydroxylation is 1. The van der Waals surface area contributed by atoms with E-state index in [0.717, 1.165) is 45.1 Å². The molecule has 0 spiro atoms. The van der Waals surface area contributed by atoms with Crippen LogP contribution in [0.1, 0.15) is 60.9 Å². The number of likely N-dealkylation sites (tertiary alicyclic amines) is 1. The van der Waals surface area contributed by atoms with Gasteiger partial charge in [0.2, 0.25) is 10.0 Å². The second-order valence-corrected chi connectivity index (χ2v) is 9.94. The van der Waals surface area contributed by atoms with Crippen LogP contribution in [0.15, 0.2) is 23.1 Å². The van der Waals surface area contributed by atoms with Crippen molar-refractivity contribution in [2.24, 2.45) is 0 Å². The highest BCUT2D eigenvalue weighted by atomic mass is 35.5. The molecule has 4 rings (SSSR count). The molecule has 2 heterocycles. The molecule has 8 heteroatoms. The number of carbonyl (C=O) groups is 1. The fraction of sp³-hybridized carbons (Fsp3) is 0.650. The number of carbonyl (C=O) groups excluding carboxylic acids is 1. The molecule has 1 saturated carbocycles. The summed E-state index contributed by atoms with van der Waals surface area (Å²) in [4.78, 5) is 15.2. The molecule has 1 aromatic carbocycles. The van der Waals surface area contributed by atoms with E-state index < -0.39 is 10.0 Å². The number of amides is 1. The maximum absolute atomic E-state index is 13.0. The molecule has 2 unspecified atom stereocenters. The van der Waals surface area contributed by atoms with Crippen LogP contribution >= 0.6 is 12.4 Å². The fourth-order valence-electron chi connectivity index (χ4n) is 4.66. The van der Waals surface area contributed by atoms with Crippen molar-refractivity contribution in [2.45, 2.75) is 74.9 Å². The minimum Gasteiger partial charge on any atom is -0.337 e. The van der Waals surface area contributed by atoms with E-state index in [9.17, 15) is 13.2 Å². The fourth-order valence-corrected chi connectivity index (χ4v) is 6.23. The SMILES string of the molecule is Cc1ccc(C(=O)N2CCC3CCC(C2)N3)cc1S(=O)(=O)NC1CCCC1.Cl. The van der Waals surface area contributed by atoms with E-state index in [1.54, 1.807) is 25.1 Å². The highest BCUT2D eigenvalue weighted by Gasteiger charge is 2.32. The summed E-state index contributed by atoms with van der Waals surface area (Å²) >= 11 is 0. The molecule has 2 saturated heterocycles. The Bertz CT molecular complexity index is 824. The lowest BCUT2D eigenvalue weighted by Gasteiger charge is -2.25. The van der Waals surface area contributed by atoms with E-state index in [1.807, 2.05) is 4.90 Å². The van der Waals surface area contributed by atoms with E-state index in [-0.39, 0.29) is 29.3 Å². The molecule has 156 valence electrons. The van der Waals surface area contributed by atoms with Crippen molar-refractivity contribution in [2.75, 3.05) is 13.1 Å². The van der Waals surface area contributed by atoms with E-state index in [4.69, 9.17) is 0 Å². The summed E-state index contributed by atoms with van der Waals surface area (Å²) in [5.74, 6) is -0.0679. The zero-order valence-electron chi connectivity index (χ0n) is 16.3. The highest BCUT2D eigenvalue weighted by Crippen LogP contribution is 2.25. The van der Waals surface area contributed by atoms with Crippen molar-refractivity contribution < 1.29 is 13.2 Å². The maximum Gasteiger partial charge on any atom is 0.253 e. The molecule has 2 aliphatic heterocycles. The van der Waals surface area contributed by atoms with Crippen LogP contribution in [0, 0.1) is 6.92 Å². The Balaban J connectivity index is 0.00000225. The van der Waals surface area contributed by atoms with E-state index >= 15 is 0 Å². The molecule has 0 aromatic heterocycles. The Morgan fingerprint density at radius 3 is 2.57 bits per heavy atom. The van der Waals surface area contributed by atoms with Crippen molar-refractivity contribution in [3.05, 3.63) is 29.3 Å². The zero-order chi connectivity index (χ0) is 19.0. The lowest BCUT2D eigenvalue weighted by atomic mass is 10.1. The van der Waals surface area contributed by atoms with Crippen LogP contribution in [-0.2, 0) is 10.0 Å². The van der Waals surface area contributed by atoms with Crippen LogP contribution in [0.5, 0.6) is 0 Å². The summed E-state index contributed by atoms with van der Waals surface area (Å²) in [5.41, 5.74) is 1.14. The van der Waals surface area contributed by atoms with Gasteiger partial charge >= 0.3 is 0 Å². The molecule has 3 fully saturated rings. The predicted molar refractivity (Wildman–Crippen MR) is 111 cm³/mol. The first-order valence-corrected chi connectivity index (χ1v) is 11.6. The standard InChI is InChI=1S/C20H29N3O3S.ClH/c1-14-6-7-15(12-19(14)27(25,26)22-17-4-2-3-5-17)20(24)23-11-10-16-8-9-18(13-23)21-16;/h6-7,12,16-18,21-22H,2-5,8-11,13H2,1H3;1H. The van der Waals surface area contributed by atoms with Crippen LogP contribution < -0.4 is 10.0 Å². The first-order chi connectivity index (χ1) is 12.9. The van der Waals surface area contributed by atoms with Gasteiger partial charge in [-0.25, -0.2) is 13.1 Å². The molecule has 1 aromatic rings. The first kappa shape index (κ1) is 21.6. The monoisotopic (exact) mass is 427 g/mol. The van der Waals surface area contributed by atoms with Crippen molar-refractivity contribution >= 4 is 28.3 Å². The third-order valence-corrected chi connectivity index (χ3v) is 7.87. The van der Waals surface area contributed by atoms with Crippen molar-refractivity contribution in [3.63, 3.8) is 0 Å². The molecule has 6 nitrogen and oxygen atoms in total. The quantitative estimate of drug-likeness (QED) is 0.774. The second-order valence-electron chi connectivity index (χ2n) is 8.26. The molecule has 1 aliphatic carbocycles. The van der Waals surface area contributed by atoms with Gasteiger partial charge in [-0.15, -0.1) is 12.4 Å². The lowest BCUT2D eigenvalue weighted by Crippen LogP contribution is -2.39. The molecule has 2 N–H and O–H groups in total. The molecule has 2 atom stereocenters. The maximum atomic E-state index is 13.0. The van der Waals surface area contributed by atoms with Gasteiger partial charge in [-0.05, 0) is 56.7 Å². The van der Waals surface area contributed by atoms with Gasteiger partial charge in [0.1, 0.15) is 0 Å². The molecular weight excluding hydrogens is 398 g/mol. The Labute approximate surface area is 173 Å². The van der Waals surface area contributed by atoms with E-state index in [2.05, 4.69) is 10.0 Å². The topological polar surface area (TPSA) is 78.5 Å². The van der Waals surface area contributed by atoms with Crippen molar-refractivity contribution in [1.29, 1.82) is 0 Å². The van der Waals surface area contributed by atoms with Crippen LogP contribution in [-0.4, -0.2) is 50.4 Å². The zero-order valence-corrected chi connectivity index (χ0v) is 17.9. The van der Waals surface area contributed by atoms with Crippen LogP contribution in [0.25, 0.3) is 0 Å². The van der Waals surface area contributed by atoms with Crippen LogP contribution in [0.4, 0.5) is 0 Å². The Morgan fingerprint density at radius 1 is 1.11 bits per heavy atom. The smallest absolute Gasteiger partial charge is 0.253 e. The molecular formula is C20H30ClN3O3S. The normalized spacial score (nSPS) is 25.4. The van der Waals surface area contributed by atoms with E-state index in [1.165, 1.54) is 6.42 Å². The number of benzene rings is 1. The largest absolute Gasteiger partial charge is 0.337 e. The number of nitrogens with zero attached hydrogens (tertiary/aromatic N) is 1. The highest BCUT2D eigenvalue weighted by molar-refractivity contribution is 7.89. The van der Waals surface area contributed by atoms with Gasteiger partial charge < -0.3 is 10.2 Å². The summed E-state index contributed by atoms with van der Waals surface area (Å²) in [6.45, 7) is 3.21. The Hall–Kier alpha value is -1.15. The lowest BCUT2D eigenvalue weighted by molar-refractivity contribution is 0.0748. The summed E-state index contributed by atoms with van der Waals surface area (Å²) < 4.78 is 28.6. The minimum atomic E-state index is -3.61. The van der Waals surface area contributed by atoms with Crippen molar-refractivity contribution in [1.82, 2.24) is 14.9 Å². The van der Waals surface area contributed by atoms with Gasteiger partial charge in [-0.1, -0.05) is 18.9 Å². The number of hydrogen-bond acceptors (Lipinski definition) is 4. The average Bonchev–Trinajstić information content (AvgIpc) is 3.23. The third kappa shape index (κ3) is 4.53. The summed E-state index contributed by atoms with van der Waals surface area (Å²) in [7, 11) is -3.61. The van der Waals surface area contributed by atoms with Gasteiger partial charge in [0.05, 0.1) is 4.90 Å². The number of sulfonamides is 1. The third-order valence-electron chi connectivity index (χ3n) is 6.21. The van der Waals surface area contributed by atoms with Gasteiger partial charge in [-0.3, -0.25) is 4.79 Å². The van der Waals surface area contributed by atoms with Crippen LogP contribution in [0.3, 0.4) is 0 Å². The second kappa shape index (κ2) is 8.69. The van der Waals surface area contributed by atoms with E-state index in [0.29, 0.717) is 29.8 Å². The number of rotatable bonds is 4.